The molecule has 0 spiro atoms. The SMILES string of the molecule is COc1ccc(C(N)Cc2c(C)nn(C)c2Cl)cc1OC. The topological polar surface area (TPSA) is 62.3 Å². The molecule has 1 aromatic heterocycles. The van der Waals surface area contributed by atoms with Crippen molar-refractivity contribution < 1.29 is 9.47 Å². The predicted molar refractivity (Wildman–Crippen MR) is 83.1 cm³/mol. The van der Waals surface area contributed by atoms with Gasteiger partial charge in [-0.3, -0.25) is 4.68 Å². The Hall–Kier alpha value is -1.72. The number of ether oxygens (including phenoxy) is 2. The van der Waals surface area contributed by atoms with E-state index in [1.165, 1.54) is 0 Å². The standard InChI is InChI=1S/C15H20ClN3O2/c1-9-11(15(16)19(2)18-9)8-12(17)10-5-6-13(20-3)14(7-10)21-4/h5-7,12H,8,17H2,1-4H3. The summed E-state index contributed by atoms with van der Waals surface area (Å²) in [6.07, 6.45) is 0.619. The minimum absolute atomic E-state index is 0.190. The highest BCUT2D eigenvalue weighted by Gasteiger charge is 2.17. The first-order valence-corrected chi connectivity index (χ1v) is 7.01. The van der Waals surface area contributed by atoms with E-state index in [4.69, 9.17) is 26.8 Å². The molecule has 1 unspecified atom stereocenters. The normalized spacial score (nSPS) is 12.3. The van der Waals surface area contributed by atoms with Gasteiger partial charge in [0.25, 0.3) is 0 Å². The van der Waals surface area contributed by atoms with Crippen LogP contribution in [0.15, 0.2) is 18.2 Å². The van der Waals surface area contributed by atoms with E-state index in [2.05, 4.69) is 5.10 Å². The molecule has 0 aliphatic rings. The summed E-state index contributed by atoms with van der Waals surface area (Å²) in [4.78, 5) is 0. The average molecular weight is 310 g/mol. The number of halogens is 1. The van der Waals surface area contributed by atoms with Crippen molar-refractivity contribution in [2.75, 3.05) is 14.2 Å². The van der Waals surface area contributed by atoms with Crippen molar-refractivity contribution in [1.29, 1.82) is 0 Å². The number of aromatic nitrogens is 2. The molecule has 2 N–H and O–H groups in total. The van der Waals surface area contributed by atoms with Gasteiger partial charge in [0.15, 0.2) is 11.5 Å². The summed E-state index contributed by atoms with van der Waals surface area (Å²) in [5.74, 6) is 1.35. The van der Waals surface area contributed by atoms with E-state index in [1.54, 1.807) is 18.9 Å². The first-order chi connectivity index (χ1) is 9.97. The van der Waals surface area contributed by atoms with Crippen LogP contribution in [-0.4, -0.2) is 24.0 Å². The molecule has 21 heavy (non-hydrogen) atoms. The largest absolute Gasteiger partial charge is 0.493 e. The number of hydrogen-bond acceptors (Lipinski definition) is 4. The molecule has 6 heteroatoms. The van der Waals surface area contributed by atoms with Crippen molar-refractivity contribution in [2.24, 2.45) is 12.8 Å². The molecule has 1 heterocycles. The molecule has 5 nitrogen and oxygen atoms in total. The molecule has 1 aromatic carbocycles. The van der Waals surface area contributed by atoms with Crippen LogP contribution in [0.25, 0.3) is 0 Å². The lowest BCUT2D eigenvalue weighted by atomic mass is 10.00. The molecule has 2 rings (SSSR count). The number of rotatable bonds is 5. The molecule has 0 saturated carbocycles. The van der Waals surface area contributed by atoms with Gasteiger partial charge in [-0.2, -0.15) is 5.10 Å². The van der Waals surface area contributed by atoms with Crippen molar-refractivity contribution in [3.05, 3.63) is 40.2 Å². The quantitative estimate of drug-likeness (QED) is 0.922. The van der Waals surface area contributed by atoms with E-state index in [1.807, 2.05) is 32.2 Å². The molecule has 0 fully saturated rings. The van der Waals surface area contributed by atoms with Gasteiger partial charge in [-0.25, -0.2) is 0 Å². The van der Waals surface area contributed by atoms with E-state index < -0.39 is 0 Å². The smallest absolute Gasteiger partial charge is 0.161 e. The van der Waals surface area contributed by atoms with Crippen LogP contribution in [-0.2, 0) is 13.5 Å². The van der Waals surface area contributed by atoms with Crippen LogP contribution in [0.5, 0.6) is 11.5 Å². The average Bonchev–Trinajstić information content (AvgIpc) is 2.72. The zero-order valence-corrected chi connectivity index (χ0v) is 13.4. The molecular weight excluding hydrogens is 290 g/mol. The Labute approximate surface area is 129 Å². The second kappa shape index (κ2) is 6.37. The third kappa shape index (κ3) is 3.14. The monoisotopic (exact) mass is 309 g/mol. The van der Waals surface area contributed by atoms with Crippen LogP contribution in [0.2, 0.25) is 5.15 Å². The van der Waals surface area contributed by atoms with Gasteiger partial charge in [-0.1, -0.05) is 17.7 Å². The van der Waals surface area contributed by atoms with Crippen LogP contribution < -0.4 is 15.2 Å². The maximum atomic E-state index is 6.30. The number of nitrogens with zero attached hydrogens (tertiary/aromatic N) is 2. The Morgan fingerprint density at radius 2 is 1.95 bits per heavy atom. The van der Waals surface area contributed by atoms with Gasteiger partial charge in [0, 0.05) is 18.7 Å². The second-order valence-electron chi connectivity index (χ2n) is 4.90. The zero-order valence-electron chi connectivity index (χ0n) is 12.7. The van der Waals surface area contributed by atoms with Gasteiger partial charge in [0.1, 0.15) is 5.15 Å². The van der Waals surface area contributed by atoms with Gasteiger partial charge in [-0.15, -0.1) is 0 Å². The van der Waals surface area contributed by atoms with E-state index in [0.29, 0.717) is 23.1 Å². The number of hydrogen-bond donors (Lipinski definition) is 1. The fraction of sp³-hybridized carbons (Fsp3) is 0.400. The van der Waals surface area contributed by atoms with E-state index in [9.17, 15) is 0 Å². The van der Waals surface area contributed by atoms with Gasteiger partial charge < -0.3 is 15.2 Å². The van der Waals surface area contributed by atoms with Crippen molar-refractivity contribution in [1.82, 2.24) is 9.78 Å². The highest BCUT2D eigenvalue weighted by molar-refractivity contribution is 6.30. The summed E-state index contributed by atoms with van der Waals surface area (Å²) in [7, 11) is 5.03. The van der Waals surface area contributed by atoms with E-state index in [0.717, 1.165) is 16.8 Å². The van der Waals surface area contributed by atoms with Crippen molar-refractivity contribution >= 4 is 11.6 Å². The lowest BCUT2D eigenvalue weighted by Gasteiger charge is -2.15. The Morgan fingerprint density at radius 3 is 2.48 bits per heavy atom. The molecule has 1 atom stereocenters. The molecule has 0 radical (unpaired) electrons. The highest BCUT2D eigenvalue weighted by atomic mass is 35.5. The Morgan fingerprint density at radius 1 is 1.29 bits per heavy atom. The minimum atomic E-state index is -0.190. The van der Waals surface area contributed by atoms with Crippen molar-refractivity contribution in [3.63, 3.8) is 0 Å². The lowest BCUT2D eigenvalue weighted by molar-refractivity contribution is 0.354. The number of nitrogens with two attached hydrogens (primary N) is 1. The maximum Gasteiger partial charge on any atom is 0.161 e. The summed E-state index contributed by atoms with van der Waals surface area (Å²) < 4.78 is 12.2. The molecule has 114 valence electrons. The summed E-state index contributed by atoms with van der Waals surface area (Å²) in [5, 5.41) is 4.93. The Bertz CT molecular complexity index is 640. The third-order valence-electron chi connectivity index (χ3n) is 3.53. The fourth-order valence-corrected chi connectivity index (χ4v) is 2.58. The first-order valence-electron chi connectivity index (χ1n) is 6.63. The molecule has 0 saturated heterocycles. The van der Waals surface area contributed by atoms with Crippen LogP contribution in [0.3, 0.4) is 0 Å². The van der Waals surface area contributed by atoms with Gasteiger partial charge in [-0.05, 0) is 31.0 Å². The predicted octanol–water partition coefficient (Wildman–Crippen LogP) is 2.64. The molecule has 2 aromatic rings. The van der Waals surface area contributed by atoms with Crippen LogP contribution in [0.4, 0.5) is 0 Å². The first kappa shape index (κ1) is 15.7. The van der Waals surface area contributed by atoms with Gasteiger partial charge in [0.2, 0.25) is 0 Å². The van der Waals surface area contributed by atoms with Crippen LogP contribution >= 0.6 is 11.6 Å². The summed E-state index contributed by atoms with van der Waals surface area (Å²) in [6.45, 7) is 1.93. The van der Waals surface area contributed by atoms with Gasteiger partial charge in [0.05, 0.1) is 19.9 Å². The molecule has 0 bridgehead atoms. The third-order valence-corrected chi connectivity index (χ3v) is 4.00. The van der Waals surface area contributed by atoms with E-state index in [-0.39, 0.29) is 6.04 Å². The molecular formula is C15H20ClN3O2. The maximum absolute atomic E-state index is 6.30. The fourth-order valence-electron chi connectivity index (χ4n) is 2.33. The molecule has 0 amide bonds. The zero-order chi connectivity index (χ0) is 15.6. The molecule has 0 aliphatic carbocycles. The Kier molecular flexibility index (Phi) is 4.75. The Balaban J connectivity index is 2.26. The summed E-state index contributed by atoms with van der Waals surface area (Å²) >= 11 is 6.25. The lowest BCUT2D eigenvalue weighted by Crippen LogP contribution is -2.14. The van der Waals surface area contributed by atoms with Crippen molar-refractivity contribution in [2.45, 2.75) is 19.4 Å². The summed E-state index contributed by atoms with van der Waals surface area (Å²) in [6, 6.07) is 5.49. The van der Waals surface area contributed by atoms with Crippen molar-refractivity contribution in [3.8, 4) is 11.5 Å². The second-order valence-corrected chi connectivity index (χ2v) is 5.26. The van der Waals surface area contributed by atoms with E-state index >= 15 is 0 Å². The minimum Gasteiger partial charge on any atom is -0.493 e. The van der Waals surface area contributed by atoms with Crippen LogP contribution in [0.1, 0.15) is 22.9 Å². The van der Waals surface area contributed by atoms with Gasteiger partial charge >= 0.3 is 0 Å². The highest BCUT2D eigenvalue weighted by Crippen LogP contribution is 2.31. The summed E-state index contributed by atoms with van der Waals surface area (Å²) in [5.41, 5.74) is 9.14. The number of methoxy groups -OCH3 is 2. The number of aryl methyl sites for hydroxylation is 2. The molecule has 0 aliphatic heterocycles. The van der Waals surface area contributed by atoms with Crippen LogP contribution in [0, 0.1) is 6.92 Å². The number of benzene rings is 1.